The van der Waals surface area contributed by atoms with Gasteiger partial charge in [-0.2, -0.15) is 0 Å². The normalized spacial score (nSPS) is 11.9. The Morgan fingerprint density at radius 2 is 1.36 bits per heavy atom. The van der Waals surface area contributed by atoms with Crippen molar-refractivity contribution >= 4 is 8.80 Å². The van der Waals surface area contributed by atoms with Crippen LogP contribution in [-0.4, -0.2) is 54.7 Å². The topological polar surface area (TPSA) is 43.0 Å². The first kappa shape index (κ1) is 22.7. The Morgan fingerprint density at radius 3 is 1.93 bits per heavy atom. The third-order valence-electron chi connectivity index (χ3n) is 4.92. The van der Waals surface area contributed by atoms with Crippen LogP contribution >= 0.6 is 0 Å². The van der Waals surface area contributed by atoms with Crippen LogP contribution in [0.1, 0.15) is 17.5 Å². The molecule has 0 spiro atoms. The molecule has 2 rings (SSSR count). The molecule has 0 saturated carbocycles. The van der Waals surface area contributed by atoms with Gasteiger partial charge in [-0.05, 0) is 24.1 Å². The fraction of sp³-hybridized carbons (Fsp3) is 0.455. The minimum absolute atomic E-state index is 0.819. The lowest BCUT2D eigenvalue weighted by molar-refractivity contribution is 0.121. The average molecular weight is 403 g/mol. The summed E-state index contributed by atoms with van der Waals surface area (Å²) < 4.78 is 16.6. The van der Waals surface area contributed by atoms with Crippen LogP contribution in [-0.2, 0) is 26.4 Å². The first-order valence-corrected chi connectivity index (χ1v) is 11.8. The molecule has 0 saturated heterocycles. The van der Waals surface area contributed by atoms with Gasteiger partial charge in [0, 0.05) is 53.6 Å². The number of nitrogens with one attached hydrogen (secondary N) is 1. The van der Waals surface area contributed by atoms with E-state index in [0.29, 0.717) is 0 Å². The second kappa shape index (κ2) is 12.8. The van der Waals surface area contributed by atoms with Crippen molar-refractivity contribution in [2.75, 3.05) is 41.0 Å². The van der Waals surface area contributed by atoms with Crippen molar-refractivity contribution in [3.05, 3.63) is 71.8 Å². The first-order valence-electron chi connectivity index (χ1n) is 9.87. The highest BCUT2D eigenvalue weighted by atomic mass is 28.4. The number of hydrogen-bond acceptors (Lipinski definition) is 5. The highest BCUT2D eigenvalue weighted by Gasteiger charge is 2.37. The van der Waals surface area contributed by atoms with Crippen LogP contribution in [0.5, 0.6) is 0 Å². The van der Waals surface area contributed by atoms with Gasteiger partial charge in [-0.1, -0.05) is 60.7 Å². The van der Waals surface area contributed by atoms with Crippen LogP contribution in [0.2, 0.25) is 6.04 Å². The zero-order valence-corrected chi connectivity index (χ0v) is 18.4. The predicted molar refractivity (Wildman–Crippen MR) is 116 cm³/mol. The zero-order valence-electron chi connectivity index (χ0n) is 17.4. The number of nitrogens with zero attached hydrogens (tertiary/aromatic N) is 1. The molecule has 6 heteroatoms. The molecule has 0 fully saturated rings. The van der Waals surface area contributed by atoms with Crippen molar-refractivity contribution in [1.82, 2.24) is 10.2 Å². The van der Waals surface area contributed by atoms with Crippen molar-refractivity contribution in [2.45, 2.75) is 25.6 Å². The largest absolute Gasteiger partial charge is 0.500 e. The molecular weight excluding hydrogens is 368 g/mol. The Balaban J connectivity index is 1.83. The lowest BCUT2D eigenvalue weighted by atomic mass is 10.2. The fourth-order valence-corrected chi connectivity index (χ4v) is 4.96. The van der Waals surface area contributed by atoms with E-state index in [0.717, 1.165) is 45.2 Å². The molecular formula is C22H34N2O3Si. The van der Waals surface area contributed by atoms with Crippen LogP contribution < -0.4 is 5.32 Å². The van der Waals surface area contributed by atoms with Gasteiger partial charge in [0.15, 0.2) is 0 Å². The lowest BCUT2D eigenvalue weighted by Gasteiger charge is -2.27. The van der Waals surface area contributed by atoms with Gasteiger partial charge < -0.3 is 18.6 Å². The van der Waals surface area contributed by atoms with E-state index in [9.17, 15) is 0 Å². The molecule has 154 valence electrons. The van der Waals surface area contributed by atoms with Gasteiger partial charge in [0.2, 0.25) is 0 Å². The summed E-state index contributed by atoms with van der Waals surface area (Å²) in [6.07, 6.45) is 0.979. The Hall–Kier alpha value is -1.54. The van der Waals surface area contributed by atoms with Crippen molar-refractivity contribution < 1.29 is 13.3 Å². The number of rotatable bonds is 14. The Bertz CT molecular complexity index is 630. The smallest absolute Gasteiger partial charge is 0.377 e. The van der Waals surface area contributed by atoms with Gasteiger partial charge in [0.05, 0.1) is 0 Å². The molecule has 0 aromatic heterocycles. The van der Waals surface area contributed by atoms with E-state index in [1.807, 2.05) is 0 Å². The summed E-state index contributed by atoms with van der Waals surface area (Å²) in [4.78, 5) is 2.48. The average Bonchev–Trinajstić information content (AvgIpc) is 2.76. The molecule has 2 aromatic rings. The standard InChI is InChI=1S/C22H34N2O3Si/c1-25-28(26-2,27-3)18-10-16-24(20-22-13-8-5-9-14-22)17-15-23-19-21-11-6-4-7-12-21/h4-9,11-14,23H,10,15-20H2,1-3H3. The van der Waals surface area contributed by atoms with Crippen LogP contribution in [0, 0.1) is 0 Å². The molecule has 0 aliphatic rings. The Labute approximate surface area is 171 Å². The SMILES string of the molecule is CO[Si](CCCN(CCNCc1ccccc1)Cc1ccccc1)(OC)OC. The Kier molecular flexibility index (Phi) is 10.4. The van der Waals surface area contributed by atoms with Crippen molar-refractivity contribution in [1.29, 1.82) is 0 Å². The molecule has 0 aliphatic heterocycles. The summed E-state index contributed by atoms with van der Waals surface area (Å²) in [5.74, 6) is 0. The molecule has 0 atom stereocenters. The summed E-state index contributed by atoms with van der Waals surface area (Å²) >= 11 is 0. The quantitative estimate of drug-likeness (QED) is 0.387. The molecule has 0 unspecified atom stereocenters. The van der Waals surface area contributed by atoms with Gasteiger partial charge in [0.25, 0.3) is 0 Å². The molecule has 0 radical (unpaired) electrons. The predicted octanol–water partition coefficient (Wildman–Crippen LogP) is 3.55. The molecule has 0 heterocycles. The summed E-state index contributed by atoms with van der Waals surface area (Å²) in [5, 5.41) is 3.55. The molecule has 0 aliphatic carbocycles. The van der Waals surface area contributed by atoms with E-state index >= 15 is 0 Å². The fourth-order valence-electron chi connectivity index (χ4n) is 3.25. The summed E-state index contributed by atoms with van der Waals surface area (Å²) in [6.45, 7) is 4.75. The summed E-state index contributed by atoms with van der Waals surface area (Å²) in [5.41, 5.74) is 2.65. The third kappa shape index (κ3) is 7.83. The summed E-state index contributed by atoms with van der Waals surface area (Å²) in [7, 11) is 2.52. The zero-order chi connectivity index (χ0) is 20.1. The van der Waals surface area contributed by atoms with Gasteiger partial charge in [-0.3, -0.25) is 4.90 Å². The number of benzene rings is 2. The van der Waals surface area contributed by atoms with Gasteiger partial charge in [0.1, 0.15) is 0 Å². The van der Waals surface area contributed by atoms with E-state index in [2.05, 4.69) is 70.9 Å². The minimum Gasteiger partial charge on any atom is -0.377 e. The molecule has 0 amide bonds. The van der Waals surface area contributed by atoms with Gasteiger partial charge >= 0.3 is 8.80 Å². The van der Waals surface area contributed by atoms with E-state index < -0.39 is 8.80 Å². The van der Waals surface area contributed by atoms with Crippen molar-refractivity contribution in [3.8, 4) is 0 Å². The van der Waals surface area contributed by atoms with Gasteiger partial charge in [-0.25, -0.2) is 0 Å². The molecule has 28 heavy (non-hydrogen) atoms. The second-order valence-electron chi connectivity index (χ2n) is 6.82. The molecule has 0 bridgehead atoms. The van der Waals surface area contributed by atoms with Crippen LogP contribution in [0.4, 0.5) is 0 Å². The maximum atomic E-state index is 5.55. The maximum absolute atomic E-state index is 5.55. The van der Waals surface area contributed by atoms with Crippen LogP contribution in [0.25, 0.3) is 0 Å². The van der Waals surface area contributed by atoms with E-state index in [1.165, 1.54) is 11.1 Å². The van der Waals surface area contributed by atoms with Gasteiger partial charge in [-0.15, -0.1) is 0 Å². The van der Waals surface area contributed by atoms with E-state index in [1.54, 1.807) is 21.3 Å². The monoisotopic (exact) mass is 402 g/mol. The summed E-state index contributed by atoms with van der Waals surface area (Å²) in [6, 6.07) is 22.0. The van der Waals surface area contributed by atoms with E-state index in [4.69, 9.17) is 13.3 Å². The molecule has 1 N–H and O–H groups in total. The second-order valence-corrected chi connectivity index (χ2v) is 9.91. The Morgan fingerprint density at radius 1 is 0.786 bits per heavy atom. The molecule has 5 nitrogen and oxygen atoms in total. The minimum atomic E-state index is -2.50. The third-order valence-corrected chi connectivity index (χ3v) is 7.75. The number of hydrogen-bond donors (Lipinski definition) is 1. The van der Waals surface area contributed by atoms with Crippen molar-refractivity contribution in [2.24, 2.45) is 0 Å². The first-order chi connectivity index (χ1) is 13.7. The van der Waals surface area contributed by atoms with E-state index in [-0.39, 0.29) is 0 Å². The molecule has 2 aromatic carbocycles. The van der Waals surface area contributed by atoms with Crippen LogP contribution in [0.15, 0.2) is 60.7 Å². The lowest BCUT2D eigenvalue weighted by Crippen LogP contribution is -2.43. The highest BCUT2D eigenvalue weighted by molar-refractivity contribution is 6.60. The maximum Gasteiger partial charge on any atom is 0.500 e. The van der Waals surface area contributed by atoms with Crippen LogP contribution in [0.3, 0.4) is 0 Å². The highest BCUT2D eigenvalue weighted by Crippen LogP contribution is 2.16. The van der Waals surface area contributed by atoms with Crippen molar-refractivity contribution in [3.63, 3.8) is 0 Å².